The van der Waals surface area contributed by atoms with Gasteiger partial charge in [-0.2, -0.15) is 14.6 Å². The second-order valence-corrected chi connectivity index (χ2v) is 4.28. The Kier molecular flexibility index (Phi) is 4.46. The Hall–Kier alpha value is -2.82. The zero-order valence-electron chi connectivity index (χ0n) is 11.1. The molecule has 0 bridgehead atoms. The summed E-state index contributed by atoms with van der Waals surface area (Å²) in [4.78, 5) is 21.5. The summed E-state index contributed by atoms with van der Waals surface area (Å²) in [5, 5.41) is 22.8. The van der Waals surface area contributed by atoms with Crippen LogP contribution in [-0.4, -0.2) is 37.0 Å². The van der Waals surface area contributed by atoms with Gasteiger partial charge in [-0.1, -0.05) is 16.7 Å². The first-order valence-corrected chi connectivity index (χ1v) is 6.26. The number of carbonyl (C=O) groups excluding carboxylic acids is 1. The molecule has 0 radical (unpaired) electrons. The van der Waals surface area contributed by atoms with Crippen LogP contribution in [0.25, 0.3) is 0 Å². The molecule has 10 nitrogen and oxygen atoms in total. The monoisotopic (exact) mass is 329 g/mol. The van der Waals surface area contributed by atoms with Crippen molar-refractivity contribution in [3.63, 3.8) is 0 Å². The summed E-state index contributed by atoms with van der Waals surface area (Å²) in [6.07, 6.45) is 2.28. The van der Waals surface area contributed by atoms with E-state index in [4.69, 9.17) is 11.6 Å². The van der Waals surface area contributed by atoms with Gasteiger partial charge in [0, 0.05) is 6.54 Å². The van der Waals surface area contributed by atoms with Crippen LogP contribution in [0.1, 0.15) is 23.0 Å². The molecular weight excluding hydrogens is 321 g/mol. The molecule has 2 rings (SSSR count). The van der Waals surface area contributed by atoms with Crippen molar-refractivity contribution in [2.75, 3.05) is 0 Å². The maximum Gasteiger partial charge on any atom is 0.362 e. The Bertz CT molecular complexity index is 754. The zero-order valence-corrected chi connectivity index (χ0v) is 11.8. The van der Waals surface area contributed by atoms with E-state index in [2.05, 4.69) is 15.3 Å². The van der Waals surface area contributed by atoms with Gasteiger partial charge in [-0.3, -0.25) is 4.79 Å². The second kappa shape index (κ2) is 6.30. The summed E-state index contributed by atoms with van der Waals surface area (Å²) in [5.41, 5.74) is 1.71. The summed E-state index contributed by atoms with van der Waals surface area (Å²) < 4.78 is 14.7. The molecule has 0 aliphatic carbocycles. The van der Waals surface area contributed by atoms with Crippen LogP contribution in [0.4, 0.5) is 10.2 Å². The molecule has 2 heterocycles. The van der Waals surface area contributed by atoms with Crippen LogP contribution in [0, 0.1) is 16.1 Å². The number of hydrogen-bond acceptors (Lipinski definition) is 6. The van der Waals surface area contributed by atoms with Crippen molar-refractivity contribution >= 4 is 29.5 Å². The average Bonchev–Trinajstić information content (AvgIpc) is 3.02. The number of nitrogens with one attached hydrogen (secondary N) is 2. The van der Waals surface area contributed by atoms with Gasteiger partial charge in [0.1, 0.15) is 0 Å². The summed E-state index contributed by atoms with van der Waals surface area (Å²) >= 11 is 5.64. The van der Waals surface area contributed by atoms with Gasteiger partial charge in [0.05, 0.1) is 18.0 Å². The van der Waals surface area contributed by atoms with Crippen LogP contribution < -0.4 is 5.43 Å². The minimum atomic E-state index is -0.881. The number of amides is 1. The number of rotatable bonds is 5. The molecule has 2 aromatic heterocycles. The molecule has 0 atom stereocenters. The number of hydrogen-bond donors (Lipinski definition) is 2. The SMILES string of the molecule is CCn1ncc(/C=N\NC(=O)c2n[nH]c([N+](=O)[O-])c2Cl)c1F. The van der Waals surface area contributed by atoms with Crippen molar-refractivity contribution < 1.29 is 14.1 Å². The summed E-state index contributed by atoms with van der Waals surface area (Å²) in [7, 11) is 0. The van der Waals surface area contributed by atoms with E-state index in [1.807, 2.05) is 10.5 Å². The number of aromatic nitrogens is 4. The van der Waals surface area contributed by atoms with E-state index in [0.717, 1.165) is 10.9 Å². The van der Waals surface area contributed by atoms with Crippen LogP contribution in [-0.2, 0) is 6.54 Å². The van der Waals surface area contributed by atoms with Crippen LogP contribution in [0.5, 0.6) is 0 Å². The van der Waals surface area contributed by atoms with Crippen molar-refractivity contribution in [2.45, 2.75) is 13.5 Å². The van der Waals surface area contributed by atoms with E-state index < -0.39 is 33.3 Å². The third kappa shape index (κ3) is 2.93. The van der Waals surface area contributed by atoms with Crippen LogP contribution in [0.2, 0.25) is 5.02 Å². The maximum atomic E-state index is 13.6. The van der Waals surface area contributed by atoms with Gasteiger partial charge >= 0.3 is 5.82 Å². The van der Waals surface area contributed by atoms with Gasteiger partial charge in [-0.25, -0.2) is 10.1 Å². The predicted molar refractivity (Wildman–Crippen MR) is 73.2 cm³/mol. The van der Waals surface area contributed by atoms with Crippen molar-refractivity contribution in [3.8, 4) is 0 Å². The molecule has 0 saturated heterocycles. The lowest BCUT2D eigenvalue weighted by Gasteiger charge is -1.96. The number of carbonyl (C=O) groups is 1. The first kappa shape index (κ1) is 15.6. The van der Waals surface area contributed by atoms with E-state index in [1.54, 1.807) is 6.92 Å². The second-order valence-electron chi connectivity index (χ2n) is 3.90. The topological polar surface area (TPSA) is 131 Å². The number of nitrogens with zero attached hydrogens (tertiary/aromatic N) is 5. The average molecular weight is 330 g/mol. The fraction of sp³-hybridized carbons (Fsp3) is 0.200. The lowest BCUT2D eigenvalue weighted by atomic mass is 10.4. The fourth-order valence-corrected chi connectivity index (χ4v) is 1.74. The zero-order chi connectivity index (χ0) is 16.3. The number of aryl methyl sites for hydroxylation is 1. The molecule has 12 heteroatoms. The quantitative estimate of drug-likeness (QED) is 0.481. The molecule has 2 aromatic rings. The highest BCUT2D eigenvalue weighted by Gasteiger charge is 2.24. The lowest BCUT2D eigenvalue weighted by molar-refractivity contribution is -0.389. The molecule has 0 aliphatic rings. The standard InChI is InChI=1S/C10H9ClFN7O3/c1-2-18-8(12)5(4-14-18)3-13-17-10(20)7-6(11)9(16-15-7)19(21)22/h3-4H,2H2,1H3,(H,15,16)(H,17,20)/b13-3-. The Morgan fingerprint density at radius 3 is 3.00 bits per heavy atom. The number of H-pyrrole nitrogens is 1. The predicted octanol–water partition coefficient (Wildman–Crippen LogP) is 1.09. The lowest BCUT2D eigenvalue weighted by Crippen LogP contribution is -2.18. The van der Waals surface area contributed by atoms with Gasteiger partial charge in [0.2, 0.25) is 5.95 Å². The maximum absolute atomic E-state index is 13.6. The molecule has 0 aliphatic heterocycles. The number of hydrazone groups is 1. The smallest absolute Gasteiger partial charge is 0.358 e. The Morgan fingerprint density at radius 2 is 2.45 bits per heavy atom. The van der Waals surface area contributed by atoms with E-state index in [9.17, 15) is 19.3 Å². The molecule has 116 valence electrons. The van der Waals surface area contributed by atoms with E-state index >= 15 is 0 Å². The Morgan fingerprint density at radius 1 is 1.73 bits per heavy atom. The van der Waals surface area contributed by atoms with Crippen LogP contribution >= 0.6 is 11.6 Å². The third-order valence-corrected chi connectivity index (χ3v) is 2.92. The minimum Gasteiger partial charge on any atom is -0.358 e. The minimum absolute atomic E-state index is 0.0706. The summed E-state index contributed by atoms with van der Waals surface area (Å²) in [5.74, 6) is -2.09. The molecule has 0 spiro atoms. The van der Waals surface area contributed by atoms with Gasteiger partial charge in [-0.05, 0) is 11.8 Å². The van der Waals surface area contributed by atoms with Crippen LogP contribution in [0.3, 0.4) is 0 Å². The first-order chi connectivity index (χ1) is 10.5. The number of aromatic amines is 1. The number of nitro groups is 1. The molecule has 0 aromatic carbocycles. The van der Waals surface area contributed by atoms with Crippen LogP contribution in [0.15, 0.2) is 11.3 Å². The van der Waals surface area contributed by atoms with Gasteiger partial charge in [0.15, 0.2) is 10.7 Å². The largest absolute Gasteiger partial charge is 0.362 e. The van der Waals surface area contributed by atoms with Crippen molar-refractivity contribution in [3.05, 3.63) is 38.5 Å². The normalized spacial score (nSPS) is 11.0. The molecule has 22 heavy (non-hydrogen) atoms. The Balaban J connectivity index is 2.08. The Labute approximate surface area is 127 Å². The van der Waals surface area contributed by atoms with Crippen molar-refractivity contribution in [2.24, 2.45) is 5.10 Å². The molecule has 1 amide bonds. The highest BCUT2D eigenvalue weighted by atomic mass is 35.5. The molecule has 2 N–H and O–H groups in total. The summed E-state index contributed by atoms with van der Waals surface area (Å²) in [6.45, 7) is 2.06. The third-order valence-electron chi connectivity index (χ3n) is 2.56. The van der Waals surface area contributed by atoms with Gasteiger partial charge in [0.25, 0.3) is 5.91 Å². The van der Waals surface area contributed by atoms with Gasteiger partial charge in [-0.15, -0.1) is 5.10 Å². The van der Waals surface area contributed by atoms with E-state index in [0.29, 0.717) is 6.54 Å². The first-order valence-electron chi connectivity index (χ1n) is 5.88. The van der Waals surface area contributed by atoms with E-state index in [1.165, 1.54) is 6.20 Å². The highest BCUT2D eigenvalue weighted by molar-refractivity contribution is 6.35. The molecule has 0 saturated carbocycles. The molecule has 0 fully saturated rings. The number of halogens is 2. The summed E-state index contributed by atoms with van der Waals surface area (Å²) in [6, 6.07) is 0. The van der Waals surface area contributed by atoms with Crippen molar-refractivity contribution in [1.82, 2.24) is 25.4 Å². The molecular formula is C10H9ClFN7O3. The van der Waals surface area contributed by atoms with Gasteiger partial charge < -0.3 is 10.1 Å². The highest BCUT2D eigenvalue weighted by Crippen LogP contribution is 2.24. The van der Waals surface area contributed by atoms with E-state index in [-0.39, 0.29) is 5.56 Å². The molecule has 0 unspecified atom stereocenters. The fourth-order valence-electron chi connectivity index (χ4n) is 1.50. The van der Waals surface area contributed by atoms with Crippen molar-refractivity contribution in [1.29, 1.82) is 0 Å².